The molecule has 0 saturated carbocycles. The van der Waals surface area contributed by atoms with Gasteiger partial charge in [-0.25, -0.2) is 15.0 Å². The molecule has 0 radical (unpaired) electrons. The molecule has 1 atom stereocenters. The molecule has 1 fully saturated rings. The summed E-state index contributed by atoms with van der Waals surface area (Å²) in [6.07, 6.45) is 8.98. The van der Waals surface area contributed by atoms with Crippen LogP contribution < -0.4 is 0 Å². The van der Waals surface area contributed by atoms with E-state index in [0.29, 0.717) is 6.04 Å². The summed E-state index contributed by atoms with van der Waals surface area (Å²) in [7, 11) is 0. The number of hydrogen-bond donors (Lipinski definition) is 1. The number of likely N-dealkylation sites (tertiary alicyclic amines) is 1. The molecule has 0 amide bonds. The number of nitrogens with one attached hydrogen (secondary N) is 1. The number of aromatic amines is 1. The molecule has 3 heterocycles. The highest BCUT2D eigenvalue weighted by molar-refractivity contribution is 5.20. The highest BCUT2D eigenvalue weighted by Crippen LogP contribution is 2.33. The van der Waals surface area contributed by atoms with Crippen molar-refractivity contribution in [1.29, 1.82) is 0 Å². The predicted molar refractivity (Wildman–Crippen MR) is 84.4 cm³/mol. The molecule has 2 aromatic heterocycles. The second-order valence-corrected chi connectivity index (χ2v) is 6.53. The van der Waals surface area contributed by atoms with Crippen LogP contribution in [0.3, 0.4) is 0 Å². The van der Waals surface area contributed by atoms with Gasteiger partial charge in [-0.15, -0.1) is 0 Å². The molecule has 5 heteroatoms. The first-order chi connectivity index (χ1) is 10.8. The van der Waals surface area contributed by atoms with Gasteiger partial charge in [0.05, 0.1) is 17.4 Å². The Hall–Kier alpha value is -1.75. The molecule has 116 valence electrons. The predicted octanol–water partition coefficient (Wildman–Crippen LogP) is 2.72. The van der Waals surface area contributed by atoms with Crippen LogP contribution in [0.1, 0.15) is 60.3 Å². The number of aromatic nitrogens is 4. The third kappa shape index (κ3) is 2.65. The van der Waals surface area contributed by atoms with Gasteiger partial charge in [0, 0.05) is 17.9 Å². The van der Waals surface area contributed by atoms with E-state index in [1.54, 1.807) is 6.33 Å². The van der Waals surface area contributed by atoms with Crippen LogP contribution in [0.5, 0.6) is 0 Å². The van der Waals surface area contributed by atoms with Crippen LogP contribution in [-0.2, 0) is 19.4 Å². The van der Waals surface area contributed by atoms with Crippen molar-refractivity contribution in [1.82, 2.24) is 24.8 Å². The molecule has 2 aliphatic rings. The molecule has 0 aromatic carbocycles. The Morgan fingerprint density at radius 3 is 3.00 bits per heavy atom. The Balaban J connectivity index is 1.54. The number of imidazole rings is 1. The third-order valence-corrected chi connectivity index (χ3v) is 4.88. The second kappa shape index (κ2) is 5.80. The highest BCUT2D eigenvalue weighted by Gasteiger charge is 2.30. The average molecular weight is 297 g/mol. The fourth-order valence-corrected chi connectivity index (χ4v) is 3.76. The summed E-state index contributed by atoms with van der Waals surface area (Å²) < 4.78 is 0. The summed E-state index contributed by atoms with van der Waals surface area (Å²) in [5.74, 6) is 1.18. The van der Waals surface area contributed by atoms with Crippen LogP contribution >= 0.6 is 0 Å². The van der Waals surface area contributed by atoms with Crippen molar-refractivity contribution >= 4 is 0 Å². The lowest BCUT2D eigenvalue weighted by Crippen LogP contribution is -2.24. The fraction of sp³-hybridized carbons (Fsp3) is 0.588. The van der Waals surface area contributed by atoms with Crippen molar-refractivity contribution in [2.45, 2.75) is 58.0 Å². The van der Waals surface area contributed by atoms with Gasteiger partial charge in [-0.05, 0) is 58.1 Å². The Bertz CT molecular complexity index is 639. The van der Waals surface area contributed by atoms with E-state index < -0.39 is 0 Å². The van der Waals surface area contributed by atoms with Gasteiger partial charge in [-0.1, -0.05) is 0 Å². The number of fused-ring (bicyclic) bond motifs is 1. The summed E-state index contributed by atoms with van der Waals surface area (Å²) in [4.78, 5) is 19.6. The maximum absolute atomic E-state index is 4.91. The molecule has 1 saturated heterocycles. The van der Waals surface area contributed by atoms with E-state index in [2.05, 4.69) is 25.9 Å². The van der Waals surface area contributed by atoms with Gasteiger partial charge >= 0.3 is 0 Å². The molecule has 5 nitrogen and oxygen atoms in total. The van der Waals surface area contributed by atoms with Crippen molar-refractivity contribution in [3.8, 4) is 0 Å². The Labute approximate surface area is 131 Å². The Kier molecular flexibility index (Phi) is 3.66. The van der Waals surface area contributed by atoms with Crippen LogP contribution in [0, 0.1) is 6.92 Å². The minimum atomic E-state index is 0.417. The second-order valence-electron chi connectivity index (χ2n) is 6.53. The molecular weight excluding hydrogens is 274 g/mol. The lowest BCUT2D eigenvalue weighted by Gasteiger charge is -2.22. The summed E-state index contributed by atoms with van der Waals surface area (Å²) in [6.45, 7) is 4.03. The molecule has 4 rings (SSSR count). The normalized spacial score (nSPS) is 22.0. The van der Waals surface area contributed by atoms with Crippen LogP contribution in [0.4, 0.5) is 0 Å². The van der Waals surface area contributed by atoms with Crippen molar-refractivity contribution < 1.29 is 0 Å². The average Bonchev–Trinajstić information content (AvgIpc) is 3.13. The molecule has 1 aliphatic heterocycles. The number of hydrogen-bond acceptors (Lipinski definition) is 4. The highest BCUT2D eigenvalue weighted by atomic mass is 15.2. The molecular formula is C17H23N5. The minimum Gasteiger partial charge on any atom is -0.344 e. The van der Waals surface area contributed by atoms with Gasteiger partial charge in [0.25, 0.3) is 0 Å². The standard InChI is InChI=1S/C17H23N5/c1-12-9-13(19-11-18-12)10-22-8-4-7-16(22)17-20-14-5-2-3-6-15(14)21-17/h9,11,16H,2-8,10H2,1H3,(H,20,21). The number of aryl methyl sites for hydroxylation is 3. The van der Waals surface area contributed by atoms with Crippen molar-refractivity contribution in [3.63, 3.8) is 0 Å². The maximum atomic E-state index is 4.91. The van der Waals surface area contributed by atoms with E-state index in [-0.39, 0.29) is 0 Å². The third-order valence-electron chi connectivity index (χ3n) is 4.88. The summed E-state index contributed by atoms with van der Waals surface area (Å²) in [5, 5.41) is 0. The molecule has 1 N–H and O–H groups in total. The largest absolute Gasteiger partial charge is 0.344 e. The van der Waals surface area contributed by atoms with Crippen molar-refractivity contribution in [3.05, 3.63) is 41.0 Å². The van der Waals surface area contributed by atoms with E-state index in [0.717, 1.165) is 30.9 Å². The maximum Gasteiger partial charge on any atom is 0.124 e. The van der Waals surface area contributed by atoms with Gasteiger partial charge in [0.15, 0.2) is 0 Å². The molecule has 2 aromatic rings. The zero-order valence-electron chi connectivity index (χ0n) is 13.2. The van der Waals surface area contributed by atoms with Crippen LogP contribution in [-0.4, -0.2) is 31.4 Å². The first-order valence-electron chi connectivity index (χ1n) is 8.39. The first kappa shape index (κ1) is 13.9. The number of H-pyrrole nitrogens is 1. The van der Waals surface area contributed by atoms with Gasteiger partial charge in [-0.3, -0.25) is 4.90 Å². The Morgan fingerprint density at radius 2 is 2.14 bits per heavy atom. The fourth-order valence-electron chi connectivity index (χ4n) is 3.76. The number of rotatable bonds is 3. The molecule has 0 bridgehead atoms. The molecule has 0 spiro atoms. The van der Waals surface area contributed by atoms with Crippen LogP contribution in [0.2, 0.25) is 0 Å². The first-order valence-corrected chi connectivity index (χ1v) is 8.39. The van der Waals surface area contributed by atoms with Crippen molar-refractivity contribution in [2.24, 2.45) is 0 Å². The Morgan fingerprint density at radius 1 is 1.23 bits per heavy atom. The lowest BCUT2D eigenvalue weighted by atomic mass is 10.0. The van der Waals surface area contributed by atoms with E-state index >= 15 is 0 Å². The molecule has 1 aliphatic carbocycles. The summed E-state index contributed by atoms with van der Waals surface area (Å²) in [5.41, 5.74) is 4.84. The van der Waals surface area contributed by atoms with Gasteiger partial charge in [0.2, 0.25) is 0 Å². The van der Waals surface area contributed by atoms with Gasteiger partial charge < -0.3 is 4.98 Å². The van der Waals surface area contributed by atoms with Gasteiger partial charge in [0.1, 0.15) is 12.2 Å². The topological polar surface area (TPSA) is 57.7 Å². The van der Waals surface area contributed by atoms with Crippen molar-refractivity contribution in [2.75, 3.05) is 6.54 Å². The molecule has 22 heavy (non-hydrogen) atoms. The number of nitrogens with zero attached hydrogens (tertiary/aromatic N) is 4. The van der Waals surface area contributed by atoms with Gasteiger partial charge in [-0.2, -0.15) is 0 Å². The van der Waals surface area contributed by atoms with E-state index in [1.807, 2.05) is 6.92 Å². The molecule has 1 unspecified atom stereocenters. The lowest BCUT2D eigenvalue weighted by molar-refractivity contribution is 0.237. The minimum absolute atomic E-state index is 0.417. The van der Waals surface area contributed by atoms with E-state index in [1.165, 1.54) is 49.3 Å². The van der Waals surface area contributed by atoms with E-state index in [9.17, 15) is 0 Å². The summed E-state index contributed by atoms with van der Waals surface area (Å²) in [6, 6.07) is 2.50. The van der Waals surface area contributed by atoms with Crippen LogP contribution in [0.15, 0.2) is 12.4 Å². The zero-order chi connectivity index (χ0) is 14.9. The smallest absolute Gasteiger partial charge is 0.124 e. The quantitative estimate of drug-likeness (QED) is 0.946. The van der Waals surface area contributed by atoms with E-state index in [4.69, 9.17) is 4.98 Å². The van der Waals surface area contributed by atoms with Crippen LogP contribution in [0.25, 0.3) is 0 Å². The SMILES string of the molecule is Cc1cc(CN2CCCC2c2nc3c([nH]2)CCCC3)ncn1. The monoisotopic (exact) mass is 297 g/mol. The zero-order valence-corrected chi connectivity index (χ0v) is 13.2. The summed E-state index contributed by atoms with van der Waals surface area (Å²) >= 11 is 0.